The first-order chi connectivity index (χ1) is 13.9. The molecule has 7 nitrogen and oxygen atoms in total. The lowest BCUT2D eigenvalue weighted by Gasteiger charge is -2.19. The van der Waals surface area contributed by atoms with Crippen LogP contribution >= 0.6 is 0 Å². The third kappa shape index (κ3) is 3.64. The summed E-state index contributed by atoms with van der Waals surface area (Å²) in [6.45, 7) is 1.45. The number of nitrogens with one attached hydrogen (secondary N) is 1. The summed E-state index contributed by atoms with van der Waals surface area (Å²) in [5.74, 6) is -0.0312. The SMILES string of the molecule is CN(C)CCN(C)C(=O)c1cccc(-c2cc3[nH]c(=O)c4ccccc4n3n2)c1. The lowest BCUT2D eigenvalue weighted by molar-refractivity contribution is 0.0786. The largest absolute Gasteiger partial charge is 0.340 e. The van der Waals surface area contributed by atoms with E-state index in [0.29, 0.717) is 28.8 Å². The van der Waals surface area contributed by atoms with Crippen LogP contribution in [0.1, 0.15) is 10.4 Å². The van der Waals surface area contributed by atoms with E-state index in [2.05, 4.69) is 10.1 Å². The normalized spacial score (nSPS) is 11.4. The van der Waals surface area contributed by atoms with Crippen LogP contribution in [0.15, 0.2) is 59.4 Å². The summed E-state index contributed by atoms with van der Waals surface area (Å²) in [5.41, 5.74) is 3.34. The number of aromatic nitrogens is 3. The Labute approximate surface area is 168 Å². The number of carbonyl (C=O) groups excluding carboxylic acids is 1. The van der Waals surface area contributed by atoms with Crippen molar-refractivity contribution in [2.75, 3.05) is 34.2 Å². The molecule has 148 valence electrons. The molecule has 29 heavy (non-hydrogen) atoms. The number of amides is 1. The molecule has 7 heteroatoms. The number of likely N-dealkylation sites (N-methyl/N-ethyl adjacent to an activating group) is 2. The second-order valence-electron chi connectivity index (χ2n) is 7.41. The molecule has 2 aromatic heterocycles. The first-order valence-corrected chi connectivity index (χ1v) is 9.45. The van der Waals surface area contributed by atoms with Gasteiger partial charge in [0.15, 0.2) is 0 Å². The fourth-order valence-corrected chi connectivity index (χ4v) is 3.31. The molecule has 4 aromatic rings. The van der Waals surface area contributed by atoms with Crippen molar-refractivity contribution in [3.63, 3.8) is 0 Å². The Kier molecular flexibility index (Phi) is 4.90. The van der Waals surface area contributed by atoms with Gasteiger partial charge in [0.2, 0.25) is 0 Å². The Morgan fingerprint density at radius 1 is 1.03 bits per heavy atom. The molecule has 1 N–H and O–H groups in total. The number of nitrogens with zero attached hydrogens (tertiary/aromatic N) is 4. The van der Waals surface area contributed by atoms with Crippen LogP contribution in [0.25, 0.3) is 27.8 Å². The molecule has 4 rings (SSSR count). The lowest BCUT2D eigenvalue weighted by atomic mass is 10.1. The van der Waals surface area contributed by atoms with Crippen molar-refractivity contribution in [3.8, 4) is 11.3 Å². The summed E-state index contributed by atoms with van der Waals surface area (Å²) in [7, 11) is 5.77. The summed E-state index contributed by atoms with van der Waals surface area (Å²) in [5, 5.41) is 5.26. The van der Waals surface area contributed by atoms with Crippen LogP contribution in [-0.2, 0) is 0 Å². The fraction of sp³-hybridized carbons (Fsp3) is 0.227. The zero-order valence-electron chi connectivity index (χ0n) is 16.7. The van der Waals surface area contributed by atoms with E-state index in [1.54, 1.807) is 22.5 Å². The average molecular weight is 389 g/mol. The number of carbonyl (C=O) groups is 1. The van der Waals surface area contributed by atoms with Crippen molar-refractivity contribution in [3.05, 3.63) is 70.5 Å². The van der Waals surface area contributed by atoms with Gasteiger partial charge in [-0.05, 0) is 38.4 Å². The van der Waals surface area contributed by atoms with Gasteiger partial charge in [-0.3, -0.25) is 9.59 Å². The van der Waals surface area contributed by atoms with Gasteiger partial charge in [-0.1, -0.05) is 24.3 Å². The Bertz CT molecular complexity index is 1260. The Balaban J connectivity index is 1.71. The molecular formula is C22H23N5O2. The summed E-state index contributed by atoms with van der Waals surface area (Å²) in [6, 6.07) is 16.6. The predicted octanol–water partition coefficient (Wildman–Crippen LogP) is 2.48. The number of H-pyrrole nitrogens is 1. The van der Waals surface area contributed by atoms with Crippen LogP contribution in [0.3, 0.4) is 0 Å². The van der Waals surface area contributed by atoms with Crippen molar-refractivity contribution < 1.29 is 4.79 Å². The van der Waals surface area contributed by atoms with Crippen molar-refractivity contribution in [2.24, 2.45) is 0 Å². The minimum Gasteiger partial charge on any atom is -0.340 e. The van der Waals surface area contributed by atoms with E-state index in [1.807, 2.05) is 67.5 Å². The molecule has 2 aromatic carbocycles. The summed E-state index contributed by atoms with van der Waals surface area (Å²) in [6.07, 6.45) is 0. The molecule has 0 aliphatic carbocycles. The van der Waals surface area contributed by atoms with Crippen molar-refractivity contribution in [1.29, 1.82) is 0 Å². The zero-order valence-corrected chi connectivity index (χ0v) is 16.7. The quantitative estimate of drug-likeness (QED) is 0.569. The molecule has 0 atom stereocenters. The molecule has 0 saturated heterocycles. The van der Waals surface area contributed by atoms with E-state index in [0.717, 1.165) is 17.6 Å². The molecule has 0 spiro atoms. The second-order valence-corrected chi connectivity index (χ2v) is 7.41. The molecule has 0 radical (unpaired) electrons. The van der Waals surface area contributed by atoms with E-state index in [-0.39, 0.29) is 11.5 Å². The van der Waals surface area contributed by atoms with Crippen molar-refractivity contribution >= 4 is 22.5 Å². The maximum absolute atomic E-state index is 12.8. The van der Waals surface area contributed by atoms with Gasteiger partial charge in [0.1, 0.15) is 5.65 Å². The highest BCUT2D eigenvalue weighted by Crippen LogP contribution is 2.22. The Morgan fingerprint density at radius 3 is 2.62 bits per heavy atom. The smallest absolute Gasteiger partial charge is 0.259 e. The van der Waals surface area contributed by atoms with Crippen LogP contribution in [-0.4, -0.2) is 64.5 Å². The number of hydrogen-bond donors (Lipinski definition) is 1. The molecule has 1 amide bonds. The van der Waals surface area contributed by atoms with Gasteiger partial charge in [-0.2, -0.15) is 5.10 Å². The molecule has 0 aliphatic rings. The maximum atomic E-state index is 12.8. The first kappa shape index (κ1) is 18.9. The van der Waals surface area contributed by atoms with Gasteiger partial charge in [0.25, 0.3) is 11.5 Å². The van der Waals surface area contributed by atoms with Gasteiger partial charge in [-0.25, -0.2) is 4.52 Å². The van der Waals surface area contributed by atoms with E-state index in [4.69, 9.17) is 0 Å². The highest BCUT2D eigenvalue weighted by Gasteiger charge is 2.14. The van der Waals surface area contributed by atoms with Crippen LogP contribution < -0.4 is 5.56 Å². The highest BCUT2D eigenvalue weighted by atomic mass is 16.2. The molecule has 0 saturated carbocycles. The van der Waals surface area contributed by atoms with Gasteiger partial charge in [0.05, 0.1) is 16.6 Å². The third-order valence-electron chi connectivity index (χ3n) is 4.96. The van der Waals surface area contributed by atoms with Crippen LogP contribution in [0.5, 0.6) is 0 Å². The maximum Gasteiger partial charge on any atom is 0.259 e. The average Bonchev–Trinajstić information content (AvgIpc) is 3.16. The minimum atomic E-state index is -0.147. The Morgan fingerprint density at radius 2 is 1.83 bits per heavy atom. The number of para-hydroxylation sites is 1. The van der Waals surface area contributed by atoms with Gasteiger partial charge in [-0.15, -0.1) is 0 Å². The van der Waals surface area contributed by atoms with Gasteiger partial charge < -0.3 is 14.8 Å². The monoisotopic (exact) mass is 389 g/mol. The molecular weight excluding hydrogens is 366 g/mol. The molecule has 0 unspecified atom stereocenters. The second kappa shape index (κ2) is 7.52. The van der Waals surface area contributed by atoms with Gasteiger partial charge in [0, 0.05) is 37.3 Å². The van der Waals surface area contributed by atoms with E-state index in [9.17, 15) is 9.59 Å². The van der Waals surface area contributed by atoms with Crippen molar-refractivity contribution in [1.82, 2.24) is 24.4 Å². The van der Waals surface area contributed by atoms with Crippen LogP contribution in [0.4, 0.5) is 0 Å². The van der Waals surface area contributed by atoms with E-state index < -0.39 is 0 Å². The lowest BCUT2D eigenvalue weighted by Crippen LogP contribution is -2.33. The van der Waals surface area contributed by atoms with E-state index in [1.165, 1.54) is 0 Å². The number of rotatable bonds is 5. The first-order valence-electron chi connectivity index (χ1n) is 9.45. The topological polar surface area (TPSA) is 73.7 Å². The summed E-state index contributed by atoms with van der Waals surface area (Å²) in [4.78, 5) is 31.7. The van der Waals surface area contributed by atoms with Gasteiger partial charge >= 0.3 is 0 Å². The Hall–Kier alpha value is -3.45. The van der Waals surface area contributed by atoms with Crippen LogP contribution in [0.2, 0.25) is 0 Å². The highest BCUT2D eigenvalue weighted by molar-refractivity contribution is 5.95. The minimum absolute atomic E-state index is 0.0312. The standard InChI is InChI=1S/C22H23N5O2/c1-25(2)11-12-26(3)22(29)16-8-6-7-15(13-16)18-14-20-23-21(28)17-9-4-5-10-19(17)27(20)24-18/h4-10,13-14H,11-12H2,1-3H3,(H,23,28). The number of hydrogen-bond acceptors (Lipinski definition) is 4. The number of fused-ring (bicyclic) bond motifs is 3. The molecule has 0 aliphatic heterocycles. The number of benzene rings is 2. The molecule has 2 heterocycles. The zero-order chi connectivity index (χ0) is 20.5. The summed E-state index contributed by atoms with van der Waals surface area (Å²) < 4.78 is 1.73. The number of aromatic amines is 1. The third-order valence-corrected chi connectivity index (χ3v) is 4.96. The van der Waals surface area contributed by atoms with Crippen LogP contribution in [0, 0.1) is 0 Å². The predicted molar refractivity (Wildman–Crippen MR) is 114 cm³/mol. The fourth-order valence-electron chi connectivity index (χ4n) is 3.31. The van der Waals surface area contributed by atoms with E-state index >= 15 is 0 Å². The van der Waals surface area contributed by atoms with Crippen molar-refractivity contribution in [2.45, 2.75) is 0 Å². The molecule has 0 bridgehead atoms. The summed E-state index contributed by atoms with van der Waals surface area (Å²) >= 11 is 0. The molecule has 0 fully saturated rings.